The molecule has 3 nitrogen and oxygen atoms in total. The third-order valence-corrected chi connectivity index (χ3v) is 3.15. The minimum atomic E-state index is -0.504. The van der Waals surface area contributed by atoms with Crippen molar-refractivity contribution in [3.05, 3.63) is 17.0 Å². The van der Waals surface area contributed by atoms with Crippen LogP contribution in [0.1, 0.15) is 19.4 Å². The van der Waals surface area contributed by atoms with E-state index in [1.165, 1.54) is 11.3 Å². The van der Waals surface area contributed by atoms with E-state index in [1.807, 2.05) is 32.2 Å². The molecule has 0 radical (unpaired) electrons. The molecule has 78 valence electrons. The van der Waals surface area contributed by atoms with E-state index in [1.54, 1.807) is 0 Å². The summed E-state index contributed by atoms with van der Waals surface area (Å²) in [5.41, 5.74) is 6.11. The molecule has 0 aliphatic rings. The Bertz CT molecular complexity index is 331. The number of amides is 1. The number of nitrogens with one attached hydrogen (secondary N) is 1. The average molecular weight is 212 g/mol. The standard InChI is InChI=1S/C10H16N2OS/c1-7-4-5-14-8(7)12-9(13)10(2,3)6-11/h4-5H,6,11H2,1-3H3,(H,12,13). The molecule has 0 saturated carbocycles. The molecule has 14 heavy (non-hydrogen) atoms. The summed E-state index contributed by atoms with van der Waals surface area (Å²) in [5, 5.41) is 5.75. The molecule has 1 amide bonds. The molecule has 3 N–H and O–H groups in total. The van der Waals surface area contributed by atoms with Crippen molar-refractivity contribution >= 4 is 22.2 Å². The zero-order valence-corrected chi connectivity index (χ0v) is 9.57. The van der Waals surface area contributed by atoms with Gasteiger partial charge in [0.05, 0.1) is 10.4 Å². The van der Waals surface area contributed by atoms with Gasteiger partial charge in [0.25, 0.3) is 0 Å². The fourth-order valence-corrected chi connectivity index (χ4v) is 1.68. The number of thiophene rings is 1. The summed E-state index contributed by atoms with van der Waals surface area (Å²) in [7, 11) is 0. The van der Waals surface area contributed by atoms with Gasteiger partial charge in [-0.15, -0.1) is 11.3 Å². The van der Waals surface area contributed by atoms with Gasteiger partial charge in [-0.05, 0) is 37.8 Å². The van der Waals surface area contributed by atoms with E-state index in [0.717, 1.165) is 10.6 Å². The van der Waals surface area contributed by atoms with Crippen molar-refractivity contribution in [1.82, 2.24) is 0 Å². The van der Waals surface area contributed by atoms with Crippen LogP contribution in [0.5, 0.6) is 0 Å². The number of hydrogen-bond acceptors (Lipinski definition) is 3. The molecule has 0 atom stereocenters. The Labute approximate surface area is 88.3 Å². The van der Waals surface area contributed by atoms with Crippen LogP contribution in [0.3, 0.4) is 0 Å². The van der Waals surface area contributed by atoms with E-state index in [9.17, 15) is 4.79 Å². The fraction of sp³-hybridized carbons (Fsp3) is 0.500. The van der Waals surface area contributed by atoms with Crippen molar-refractivity contribution in [2.45, 2.75) is 20.8 Å². The summed E-state index contributed by atoms with van der Waals surface area (Å²) in [6.07, 6.45) is 0. The van der Waals surface area contributed by atoms with Crippen molar-refractivity contribution in [3.8, 4) is 0 Å². The maximum Gasteiger partial charge on any atom is 0.231 e. The number of carbonyl (C=O) groups is 1. The van der Waals surface area contributed by atoms with Gasteiger partial charge in [0, 0.05) is 6.54 Å². The lowest BCUT2D eigenvalue weighted by atomic mass is 9.93. The first-order chi connectivity index (χ1) is 6.47. The third-order valence-electron chi connectivity index (χ3n) is 2.21. The van der Waals surface area contributed by atoms with Crippen molar-refractivity contribution in [2.75, 3.05) is 11.9 Å². The molecule has 0 fully saturated rings. The highest BCUT2D eigenvalue weighted by Crippen LogP contribution is 2.24. The molecule has 1 aromatic heterocycles. The normalized spacial score (nSPS) is 11.4. The Hall–Kier alpha value is -0.870. The maximum absolute atomic E-state index is 11.7. The number of anilines is 1. The van der Waals surface area contributed by atoms with Crippen molar-refractivity contribution in [1.29, 1.82) is 0 Å². The van der Waals surface area contributed by atoms with Gasteiger partial charge in [-0.25, -0.2) is 0 Å². The van der Waals surface area contributed by atoms with Gasteiger partial charge in [-0.1, -0.05) is 0 Å². The van der Waals surface area contributed by atoms with Gasteiger partial charge in [-0.2, -0.15) is 0 Å². The van der Waals surface area contributed by atoms with Gasteiger partial charge in [-0.3, -0.25) is 4.79 Å². The van der Waals surface area contributed by atoms with Crippen LogP contribution < -0.4 is 11.1 Å². The molecule has 0 unspecified atom stereocenters. The lowest BCUT2D eigenvalue weighted by Gasteiger charge is -2.20. The first-order valence-corrected chi connectivity index (χ1v) is 5.41. The van der Waals surface area contributed by atoms with Gasteiger partial charge < -0.3 is 11.1 Å². The number of rotatable bonds is 3. The summed E-state index contributed by atoms with van der Waals surface area (Å²) in [6.45, 7) is 6.00. The van der Waals surface area contributed by atoms with E-state index < -0.39 is 5.41 Å². The molecule has 0 aliphatic heterocycles. The van der Waals surface area contributed by atoms with Gasteiger partial charge in [0.15, 0.2) is 0 Å². The molecule has 0 saturated heterocycles. The smallest absolute Gasteiger partial charge is 0.231 e. The number of carbonyl (C=O) groups excluding carboxylic acids is 1. The molecule has 0 spiro atoms. The average Bonchev–Trinajstić information content (AvgIpc) is 2.52. The summed E-state index contributed by atoms with van der Waals surface area (Å²) in [4.78, 5) is 11.7. The minimum Gasteiger partial charge on any atom is -0.329 e. The SMILES string of the molecule is Cc1ccsc1NC(=O)C(C)(C)CN. The summed E-state index contributed by atoms with van der Waals surface area (Å²) in [6, 6.07) is 1.98. The van der Waals surface area contributed by atoms with E-state index in [-0.39, 0.29) is 5.91 Å². The second kappa shape index (κ2) is 4.11. The topological polar surface area (TPSA) is 55.1 Å². The summed E-state index contributed by atoms with van der Waals surface area (Å²) >= 11 is 1.53. The van der Waals surface area contributed by atoms with Crippen LogP contribution in [0.15, 0.2) is 11.4 Å². The van der Waals surface area contributed by atoms with Crippen LogP contribution >= 0.6 is 11.3 Å². The highest BCUT2D eigenvalue weighted by Gasteiger charge is 2.26. The molecular weight excluding hydrogens is 196 g/mol. The second-order valence-corrected chi connectivity index (χ2v) is 4.89. The van der Waals surface area contributed by atoms with E-state index >= 15 is 0 Å². The molecule has 1 aromatic rings. The van der Waals surface area contributed by atoms with E-state index in [0.29, 0.717) is 6.54 Å². The van der Waals surface area contributed by atoms with Gasteiger partial charge >= 0.3 is 0 Å². The molecule has 0 bridgehead atoms. The van der Waals surface area contributed by atoms with Crippen LogP contribution in [-0.2, 0) is 4.79 Å². The molecule has 0 aliphatic carbocycles. The van der Waals surface area contributed by atoms with Crippen molar-refractivity contribution in [3.63, 3.8) is 0 Å². The molecule has 1 heterocycles. The largest absolute Gasteiger partial charge is 0.329 e. The number of hydrogen-bond donors (Lipinski definition) is 2. The predicted octanol–water partition coefficient (Wildman–Crippen LogP) is 1.98. The Kier molecular flexibility index (Phi) is 3.29. The lowest BCUT2D eigenvalue weighted by molar-refractivity contribution is -0.123. The third kappa shape index (κ3) is 2.33. The van der Waals surface area contributed by atoms with Crippen LogP contribution in [0.2, 0.25) is 0 Å². The molecule has 4 heteroatoms. The first kappa shape index (κ1) is 11.2. The highest BCUT2D eigenvalue weighted by molar-refractivity contribution is 7.14. The Morgan fingerprint density at radius 1 is 1.64 bits per heavy atom. The van der Waals surface area contributed by atoms with Crippen LogP contribution in [-0.4, -0.2) is 12.5 Å². The maximum atomic E-state index is 11.7. The van der Waals surface area contributed by atoms with Crippen LogP contribution in [0, 0.1) is 12.3 Å². The fourth-order valence-electron chi connectivity index (χ4n) is 0.866. The first-order valence-electron chi connectivity index (χ1n) is 4.53. The Balaban J connectivity index is 2.71. The van der Waals surface area contributed by atoms with Crippen LogP contribution in [0.4, 0.5) is 5.00 Å². The zero-order chi connectivity index (χ0) is 10.8. The zero-order valence-electron chi connectivity index (χ0n) is 8.76. The Morgan fingerprint density at radius 2 is 2.29 bits per heavy atom. The number of aryl methyl sites for hydroxylation is 1. The van der Waals surface area contributed by atoms with Crippen molar-refractivity contribution < 1.29 is 4.79 Å². The quantitative estimate of drug-likeness (QED) is 0.805. The van der Waals surface area contributed by atoms with E-state index in [2.05, 4.69) is 5.32 Å². The molecule has 0 aromatic carbocycles. The van der Waals surface area contributed by atoms with Gasteiger partial charge in [0.2, 0.25) is 5.91 Å². The predicted molar refractivity (Wildman–Crippen MR) is 60.5 cm³/mol. The second-order valence-electron chi connectivity index (χ2n) is 3.97. The monoisotopic (exact) mass is 212 g/mol. The van der Waals surface area contributed by atoms with Crippen LogP contribution in [0.25, 0.3) is 0 Å². The lowest BCUT2D eigenvalue weighted by Crippen LogP contribution is -2.37. The highest BCUT2D eigenvalue weighted by atomic mass is 32.1. The molecular formula is C10H16N2OS. The summed E-state index contributed by atoms with van der Waals surface area (Å²) < 4.78 is 0. The van der Waals surface area contributed by atoms with E-state index in [4.69, 9.17) is 5.73 Å². The summed E-state index contributed by atoms with van der Waals surface area (Å²) in [5.74, 6) is -0.0226. The Morgan fingerprint density at radius 3 is 2.71 bits per heavy atom. The molecule has 1 rings (SSSR count). The van der Waals surface area contributed by atoms with Gasteiger partial charge in [0.1, 0.15) is 0 Å². The minimum absolute atomic E-state index is 0.0226. The van der Waals surface area contributed by atoms with Crippen molar-refractivity contribution in [2.24, 2.45) is 11.1 Å². The number of nitrogens with two attached hydrogens (primary N) is 1.